The minimum Gasteiger partial charge on any atom is -0.478 e. The van der Waals surface area contributed by atoms with Gasteiger partial charge in [-0.1, -0.05) is 27.7 Å². The minimum atomic E-state index is -0.872. The molecule has 0 aliphatic heterocycles. The fourth-order valence-corrected chi connectivity index (χ4v) is 1.44. The highest BCUT2D eigenvalue weighted by Crippen LogP contribution is 2.22. The summed E-state index contributed by atoms with van der Waals surface area (Å²) in [6, 6.07) is 1.68. The van der Waals surface area contributed by atoms with E-state index >= 15 is 0 Å². The van der Waals surface area contributed by atoms with E-state index in [-0.39, 0.29) is 11.8 Å². The summed E-state index contributed by atoms with van der Waals surface area (Å²) in [6.07, 6.45) is 1.68. The quantitative estimate of drug-likeness (QED) is 0.828. The summed E-state index contributed by atoms with van der Waals surface area (Å²) in [6.45, 7) is 7.95. The van der Waals surface area contributed by atoms with E-state index in [0.717, 1.165) is 11.3 Å². The lowest BCUT2D eigenvalue weighted by molar-refractivity contribution is 0.0695. The number of hydrogen-bond donors (Lipinski definition) is 1. The molecule has 0 spiro atoms. The van der Waals surface area contributed by atoms with Crippen LogP contribution < -0.4 is 0 Å². The summed E-state index contributed by atoms with van der Waals surface area (Å²) >= 11 is 0. The first-order valence-corrected chi connectivity index (χ1v) is 5.16. The number of aromatic nitrogens is 1. The number of aromatic carboxylic acids is 1. The molecule has 0 amide bonds. The van der Waals surface area contributed by atoms with Crippen molar-refractivity contribution in [3.8, 4) is 0 Å². The molecule has 15 heavy (non-hydrogen) atoms. The topological polar surface area (TPSA) is 50.2 Å². The van der Waals surface area contributed by atoms with Gasteiger partial charge in [-0.3, -0.25) is 4.98 Å². The van der Waals surface area contributed by atoms with Crippen LogP contribution in [0, 0.1) is 0 Å². The van der Waals surface area contributed by atoms with Crippen LogP contribution in [0.2, 0.25) is 0 Å². The van der Waals surface area contributed by atoms with Gasteiger partial charge in [0.2, 0.25) is 0 Å². The zero-order chi connectivity index (χ0) is 11.6. The number of hydrogen-bond acceptors (Lipinski definition) is 2. The highest BCUT2D eigenvalue weighted by molar-refractivity contribution is 5.89. The van der Waals surface area contributed by atoms with Crippen LogP contribution in [-0.4, -0.2) is 16.1 Å². The van der Waals surface area contributed by atoms with Crippen LogP contribution in [0.5, 0.6) is 0 Å². The molecule has 1 rings (SSSR count). The van der Waals surface area contributed by atoms with Gasteiger partial charge >= 0.3 is 5.97 Å². The Morgan fingerprint density at radius 1 is 1.27 bits per heavy atom. The fraction of sp³-hybridized carbons (Fsp3) is 0.500. The maximum Gasteiger partial charge on any atom is 0.336 e. The standard InChI is InChI=1S/C12H17NO2/c1-7(2)10-6-13-11(8(3)4)5-9(10)12(14)15/h5-8H,1-4H3,(H,14,15). The second-order valence-corrected chi connectivity index (χ2v) is 4.31. The lowest BCUT2D eigenvalue weighted by Gasteiger charge is -2.12. The molecule has 0 unspecified atom stereocenters. The number of nitrogens with zero attached hydrogens (tertiary/aromatic N) is 1. The van der Waals surface area contributed by atoms with Gasteiger partial charge in [-0.2, -0.15) is 0 Å². The van der Waals surface area contributed by atoms with Crippen molar-refractivity contribution in [3.63, 3.8) is 0 Å². The number of carboxylic acids is 1. The molecule has 0 aliphatic carbocycles. The Bertz CT molecular complexity index is 370. The van der Waals surface area contributed by atoms with E-state index in [1.165, 1.54) is 0 Å². The highest BCUT2D eigenvalue weighted by atomic mass is 16.4. The lowest BCUT2D eigenvalue weighted by atomic mass is 9.97. The van der Waals surface area contributed by atoms with E-state index in [2.05, 4.69) is 4.98 Å². The lowest BCUT2D eigenvalue weighted by Crippen LogP contribution is -2.07. The summed E-state index contributed by atoms with van der Waals surface area (Å²) in [5, 5.41) is 9.09. The average molecular weight is 207 g/mol. The molecule has 1 aromatic heterocycles. The van der Waals surface area contributed by atoms with Gasteiger partial charge in [0, 0.05) is 11.9 Å². The normalized spacial score (nSPS) is 11.1. The third-order valence-corrected chi connectivity index (χ3v) is 2.40. The van der Waals surface area contributed by atoms with Crippen molar-refractivity contribution in [2.24, 2.45) is 0 Å². The van der Waals surface area contributed by atoms with Crippen molar-refractivity contribution in [1.29, 1.82) is 0 Å². The van der Waals surface area contributed by atoms with Crippen LogP contribution in [0.25, 0.3) is 0 Å². The summed E-state index contributed by atoms with van der Waals surface area (Å²) in [4.78, 5) is 15.4. The molecule has 0 saturated heterocycles. The van der Waals surface area contributed by atoms with Crippen molar-refractivity contribution >= 4 is 5.97 Å². The van der Waals surface area contributed by atoms with Crippen molar-refractivity contribution in [2.45, 2.75) is 39.5 Å². The van der Waals surface area contributed by atoms with E-state index < -0.39 is 5.97 Å². The van der Waals surface area contributed by atoms with Gasteiger partial charge in [0.05, 0.1) is 5.56 Å². The third-order valence-electron chi connectivity index (χ3n) is 2.40. The molecule has 0 saturated carbocycles. The van der Waals surface area contributed by atoms with Gasteiger partial charge in [0.1, 0.15) is 0 Å². The Morgan fingerprint density at radius 3 is 2.27 bits per heavy atom. The summed E-state index contributed by atoms with van der Waals surface area (Å²) < 4.78 is 0. The Morgan fingerprint density at radius 2 is 1.87 bits per heavy atom. The van der Waals surface area contributed by atoms with Crippen LogP contribution in [0.4, 0.5) is 0 Å². The monoisotopic (exact) mass is 207 g/mol. The summed E-state index contributed by atoms with van der Waals surface area (Å²) in [7, 11) is 0. The average Bonchev–Trinajstić information content (AvgIpc) is 2.16. The number of carboxylic acid groups (broad SMARTS) is 1. The van der Waals surface area contributed by atoms with Crippen molar-refractivity contribution in [1.82, 2.24) is 4.98 Å². The molecule has 82 valence electrons. The predicted octanol–water partition coefficient (Wildman–Crippen LogP) is 3.03. The summed E-state index contributed by atoms with van der Waals surface area (Å²) in [5.41, 5.74) is 2.01. The first kappa shape index (κ1) is 11.7. The molecule has 1 aromatic rings. The zero-order valence-electron chi connectivity index (χ0n) is 9.61. The molecule has 3 nitrogen and oxygen atoms in total. The van der Waals surface area contributed by atoms with Gasteiger partial charge in [-0.25, -0.2) is 4.79 Å². The number of pyridine rings is 1. The predicted molar refractivity (Wildman–Crippen MR) is 59.4 cm³/mol. The van der Waals surface area contributed by atoms with E-state index in [9.17, 15) is 4.79 Å². The molecule has 1 N–H and O–H groups in total. The van der Waals surface area contributed by atoms with Crippen LogP contribution in [0.1, 0.15) is 61.1 Å². The van der Waals surface area contributed by atoms with Crippen LogP contribution >= 0.6 is 0 Å². The van der Waals surface area contributed by atoms with Crippen molar-refractivity contribution in [3.05, 3.63) is 29.1 Å². The van der Waals surface area contributed by atoms with Crippen molar-refractivity contribution < 1.29 is 9.90 Å². The molecular weight excluding hydrogens is 190 g/mol. The Balaban J connectivity index is 3.27. The number of rotatable bonds is 3. The molecule has 0 fully saturated rings. The van der Waals surface area contributed by atoms with Gasteiger partial charge in [-0.15, -0.1) is 0 Å². The summed E-state index contributed by atoms with van der Waals surface area (Å²) in [5.74, 6) is -0.433. The highest BCUT2D eigenvalue weighted by Gasteiger charge is 2.15. The Hall–Kier alpha value is -1.38. The molecule has 0 aromatic carbocycles. The molecule has 3 heteroatoms. The van der Waals surface area contributed by atoms with Gasteiger partial charge in [0.25, 0.3) is 0 Å². The Labute approximate surface area is 90.2 Å². The molecular formula is C12H17NO2. The second-order valence-electron chi connectivity index (χ2n) is 4.31. The molecule has 0 atom stereocenters. The van der Waals surface area contributed by atoms with Gasteiger partial charge in [0.15, 0.2) is 0 Å². The second kappa shape index (κ2) is 4.43. The largest absolute Gasteiger partial charge is 0.478 e. The van der Waals surface area contributed by atoms with Crippen LogP contribution in [-0.2, 0) is 0 Å². The van der Waals surface area contributed by atoms with Gasteiger partial charge in [-0.05, 0) is 23.5 Å². The maximum atomic E-state index is 11.1. The van der Waals surface area contributed by atoms with Crippen LogP contribution in [0.3, 0.4) is 0 Å². The number of carbonyl (C=O) groups is 1. The molecule has 0 radical (unpaired) electrons. The van der Waals surface area contributed by atoms with E-state index in [0.29, 0.717) is 5.56 Å². The fourth-order valence-electron chi connectivity index (χ4n) is 1.44. The minimum absolute atomic E-state index is 0.185. The SMILES string of the molecule is CC(C)c1cc(C(=O)O)c(C(C)C)cn1. The van der Waals surface area contributed by atoms with E-state index in [1.807, 2.05) is 27.7 Å². The van der Waals surface area contributed by atoms with Crippen molar-refractivity contribution in [2.75, 3.05) is 0 Å². The maximum absolute atomic E-state index is 11.1. The van der Waals surface area contributed by atoms with E-state index in [4.69, 9.17) is 5.11 Å². The Kier molecular flexibility index (Phi) is 3.45. The van der Waals surface area contributed by atoms with Crippen LogP contribution in [0.15, 0.2) is 12.3 Å². The molecule has 0 bridgehead atoms. The van der Waals surface area contributed by atoms with E-state index in [1.54, 1.807) is 12.3 Å². The molecule has 1 heterocycles. The first-order valence-electron chi connectivity index (χ1n) is 5.16. The molecule has 0 aliphatic rings. The third kappa shape index (κ3) is 2.55. The van der Waals surface area contributed by atoms with Gasteiger partial charge < -0.3 is 5.11 Å². The first-order chi connectivity index (χ1) is 6.93. The zero-order valence-corrected chi connectivity index (χ0v) is 9.61. The smallest absolute Gasteiger partial charge is 0.336 e.